The van der Waals surface area contributed by atoms with Gasteiger partial charge in [0.2, 0.25) is 0 Å². The fourth-order valence-corrected chi connectivity index (χ4v) is 1.80. The van der Waals surface area contributed by atoms with Crippen molar-refractivity contribution in [2.24, 2.45) is 5.11 Å². The molecular formula is C10H11ClN4O. The molecule has 84 valence electrons. The Bertz CT molecular complexity index is 425. The Kier molecular flexibility index (Phi) is 3.51. The first-order valence-corrected chi connectivity index (χ1v) is 5.36. The number of ether oxygens (including phenoxy) is 1. The van der Waals surface area contributed by atoms with Crippen molar-refractivity contribution in [2.45, 2.75) is 0 Å². The van der Waals surface area contributed by atoms with E-state index >= 15 is 0 Å². The highest BCUT2D eigenvalue weighted by molar-refractivity contribution is 6.33. The zero-order valence-corrected chi connectivity index (χ0v) is 9.39. The van der Waals surface area contributed by atoms with Crippen LogP contribution in [0, 0.1) is 0 Å². The van der Waals surface area contributed by atoms with Crippen molar-refractivity contribution >= 4 is 23.0 Å². The van der Waals surface area contributed by atoms with E-state index in [9.17, 15) is 0 Å². The predicted octanol–water partition coefficient (Wildman–Crippen LogP) is 3.12. The normalized spacial score (nSPS) is 15.7. The van der Waals surface area contributed by atoms with E-state index in [0.717, 1.165) is 32.0 Å². The Hall–Kier alpha value is -1.42. The lowest BCUT2D eigenvalue weighted by atomic mass is 10.2. The highest BCUT2D eigenvalue weighted by Gasteiger charge is 2.12. The van der Waals surface area contributed by atoms with Crippen LogP contribution in [-0.4, -0.2) is 26.3 Å². The van der Waals surface area contributed by atoms with Crippen molar-refractivity contribution in [3.63, 3.8) is 0 Å². The highest BCUT2D eigenvalue weighted by Crippen LogP contribution is 2.30. The Morgan fingerprint density at radius 1 is 1.38 bits per heavy atom. The molecule has 0 N–H and O–H groups in total. The molecule has 0 radical (unpaired) electrons. The van der Waals surface area contributed by atoms with E-state index in [4.69, 9.17) is 21.9 Å². The molecular weight excluding hydrogens is 228 g/mol. The second-order valence-corrected chi connectivity index (χ2v) is 3.83. The number of benzene rings is 1. The van der Waals surface area contributed by atoms with Gasteiger partial charge in [0.05, 0.1) is 23.9 Å². The molecule has 2 rings (SSSR count). The summed E-state index contributed by atoms with van der Waals surface area (Å²) in [7, 11) is 0. The summed E-state index contributed by atoms with van der Waals surface area (Å²) >= 11 is 5.91. The molecule has 1 aliphatic rings. The van der Waals surface area contributed by atoms with Gasteiger partial charge in [-0.1, -0.05) is 16.7 Å². The molecule has 0 spiro atoms. The van der Waals surface area contributed by atoms with Crippen LogP contribution in [0.25, 0.3) is 10.4 Å². The van der Waals surface area contributed by atoms with Gasteiger partial charge in [-0.15, -0.1) is 0 Å². The van der Waals surface area contributed by atoms with Crippen LogP contribution < -0.4 is 4.90 Å². The molecule has 0 saturated carbocycles. The molecule has 6 heteroatoms. The van der Waals surface area contributed by atoms with E-state index in [-0.39, 0.29) is 0 Å². The van der Waals surface area contributed by atoms with Crippen LogP contribution in [0.1, 0.15) is 0 Å². The van der Waals surface area contributed by atoms with Crippen LogP contribution >= 0.6 is 11.6 Å². The average Bonchev–Trinajstić information content (AvgIpc) is 2.33. The van der Waals surface area contributed by atoms with E-state index in [1.54, 1.807) is 12.1 Å². The fraction of sp³-hybridized carbons (Fsp3) is 0.400. The maximum absolute atomic E-state index is 8.41. The van der Waals surface area contributed by atoms with Gasteiger partial charge in [-0.2, -0.15) is 0 Å². The highest BCUT2D eigenvalue weighted by atomic mass is 35.5. The Balaban J connectivity index is 2.27. The number of azide groups is 1. The third-order valence-electron chi connectivity index (χ3n) is 2.46. The number of morpholine rings is 1. The zero-order valence-electron chi connectivity index (χ0n) is 8.64. The number of halogens is 1. The van der Waals surface area contributed by atoms with Crippen LogP contribution in [0.4, 0.5) is 11.4 Å². The van der Waals surface area contributed by atoms with Gasteiger partial charge in [-0.3, -0.25) is 0 Å². The first-order valence-electron chi connectivity index (χ1n) is 4.98. The van der Waals surface area contributed by atoms with Gasteiger partial charge in [0.15, 0.2) is 0 Å². The lowest BCUT2D eigenvalue weighted by molar-refractivity contribution is 0.122. The van der Waals surface area contributed by atoms with E-state index in [1.807, 2.05) is 6.07 Å². The molecule has 1 aromatic rings. The van der Waals surface area contributed by atoms with Crippen molar-refractivity contribution in [2.75, 3.05) is 31.2 Å². The molecule has 16 heavy (non-hydrogen) atoms. The van der Waals surface area contributed by atoms with Crippen molar-refractivity contribution in [1.82, 2.24) is 0 Å². The minimum absolute atomic E-state index is 0.466. The van der Waals surface area contributed by atoms with Crippen LogP contribution in [0.2, 0.25) is 5.02 Å². The van der Waals surface area contributed by atoms with Gasteiger partial charge in [-0.25, -0.2) is 0 Å². The Morgan fingerprint density at radius 3 is 2.81 bits per heavy atom. The summed E-state index contributed by atoms with van der Waals surface area (Å²) in [6.07, 6.45) is 0. The number of hydrogen-bond donors (Lipinski definition) is 0. The zero-order chi connectivity index (χ0) is 11.4. The number of rotatable bonds is 2. The van der Waals surface area contributed by atoms with Gasteiger partial charge in [0.25, 0.3) is 0 Å². The van der Waals surface area contributed by atoms with Crippen LogP contribution in [-0.2, 0) is 4.74 Å². The summed E-state index contributed by atoms with van der Waals surface area (Å²) in [6.45, 7) is 3.13. The summed E-state index contributed by atoms with van der Waals surface area (Å²) in [4.78, 5) is 4.93. The Labute approximate surface area is 98.2 Å². The largest absolute Gasteiger partial charge is 0.378 e. The number of anilines is 1. The maximum atomic E-state index is 8.41. The van der Waals surface area contributed by atoms with Crippen molar-refractivity contribution in [3.05, 3.63) is 33.7 Å². The molecule has 0 aromatic heterocycles. The second kappa shape index (κ2) is 5.07. The summed E-state index contributed by atoms with van der Waals surface area (Å²) in [6, 6.07) is 5.47. The lowest BCUT2D eigenvalue weighted by Crippen LogP contribution is -2.36. The summed E-state index contributed by atoms with van der Waals surface area (Å²) in [5, 5.41) is 4.02. The number of nitrogens with zero attached hydrogens (tertiary/aromatic N) is 4. The first-order chi connectivity index (χ1) is 7.81. The van der Waals surface area contributed by atoms with Gasteiger partial charge in [0, 0.05) is 23.7 Å². The molecule has 0 atom stereocenters. The van der Waals surface area contributed by atoms with Crippen LogP contribution in [0.5, 0.6) is 0 Å². The van der Waals surface area contributed by atoms with Crippen molar-refractivity contribution in [3.8, 4) is 0 Å². The molecule has 0 bridgehead atoms. The van der Waals surface area contributed by atoms with Gasteiger partial charge in [0.1, 0.15) is 0 Å². The third-order valence-corrected chi connectivity index (χ3v) is 2.78. The average molecular weight is 239 g/mol. The standard InChI is InChI=1S/C10H11ClN4O/c11-9-2-1-8(7-10(9)13-14-12)15-3-5-16-6-4-15/h1-2,7H,3-6H2. The molecule has 1 heterocycles. The van der Waals surface area contributed by atoms with Gasteiger partial charge in [-0.05, 0) is 23.7 Å². The maximum Gasteiger partial charge on any atom is 0.0642 e. The summed E-state index contributed by atoms with van der Waals surface area (Å²) < 4.78 is 5.27. The third kappa shape index (κ3) is 2.39. The molecule has 0 amide bonds. The first kappa shape index (κ1) is 11.1. The van der Waals surface area contributed by atoms with Crippen LogP contribution in [0.15, 0.2) is 23.3 Å². The molecule has 1 aliphatic heterocycles. The SMILES string of the molecule is [N-]=[N+]=Nc1cc(N2CCOCC2)ccc1Cl. The monoisotopic (exact) mass is 238 g/mol. The van der Waals surface area contributed by atoms with E-state index in [0.29, 0.717) is 10.7 Å². The quantitative estimate of drug-likeness (QED) is 0.451. The summed E-state index contributed by atoms with van der Waals surface area (Å²) in [5.41, 5.74) is 9.89. The lowest BCUT2D eigenvalue weighted by Gasteiger charge is -2.29. The molecule has 1 aromatic carbocycles. The second-order valence-electron chi connectivity index (χ2n) is 3.42. The fourth-order valence-electron chi connectivity index (χ4n) is 1.64. The molecule has 1 saturated heterocycles. The molecule has 5 nitrogen and oxygen atoms in total. The minimum atomic E-state index is 0.466. The van der Waals surface area contributed by atoms with E-state index in [2.05, 4.69) is 14.9 Å². The van der Waals surface area contributed by atoms with Crippen molar-refractivity contribution < 1.29 is 4.74 Å². The molecule has 1 fully saturated rings. The van der Waals surface area contributed by atoms with Gasteiger partial charge < -0.3 is 9.64 Å². The summed E-state index contributed by atoms with van der Waals surface area (Å²) in [5.74, 6) is 0. The van der Waals surface area contributed by atoms with Gasteiger partial charge >= 0.3 is 0 Å². The molecule has 0 unspecified atom stereocenters. The van der Waals surface area contributed by atoms with Crippen LogP contribution in [0.3, 0.4) is 0 Å². The predicted molar refractivity (Wildman–Crippen MR) is 63.3 cm³/mol. The van der Waals surface area contributed by atoms with E-state index in [1.165, 1.54) is 0 Å². The number of hydrogen-bond acceptors (Lipinski definition) is 3. The van der Waals surface area contributed by atoms with Crippen molar-refractivity contribution in [1.29, 1.82) is 0 Å². The topological polar surface area (TPSA) is 61.2 Å². The Morgan fingerprint density at radius 2 is 2.12 bits per heavy atom. The smallest absolute Gasteiger partial charge is 0.0642 e. The molecule has 0 aliphatic carbocycles. The van der Waals surface area contributed by atoms with E-state index < -0.39 is 0 Å². The minimum Gasteiger partial charge on any atom is -0.378 e.